The van der Waals surface area contributed by atoms with Gasteiger partial charge in [-0.15, -0.1) is 0 Å². The molecule has 2 aliphatic carbocycles. The fourth-order valence-corrected chi connectivity index (χ4v) is 8.66. The van der Waals surface area contributed by atoms with E-state index < -0.39 is 0 Å². The number of benzene rings is 4. The molecule has 47 heavy (non-hydrogen) atoms. The first-order valence-corrected chi connectivity index (χ1v) is 17.4. The number of nitrogens with zero attached hydrogens (tertiary/aromatic N) is 2. The van der Waals surface area contributed by atoms with Gasteiger partial charge in [0, 0.05) is 28.9 Å². The van der Waals surface area contributed by atoms with E-state index in [0.717, 1.165) is 49.9 Å². The van der Waals surface area contributed by atoms with Crippen molar-refractivity contribution in [1.29, 1.82) is 0 Å². The van der Waals surface area contributed by atoms with Gasteiger partial charge in [-0.05, 0) is 120 Å². The number of aryl methyl sites for hydroxylation is 6. The van der Waals surface area contributed by atoms with Crippen LogP contribution in [0, 0.1) is 13.8 Å². The van der Waals surface area contributed by atoms with E-state index in [2.05, 4.69) is 125 Å². The number of aromatic nitrogens is 2. The maximum atomic E-state index is 4.80. The van der Waals surface area contributed by atoms with Gasteiger partial charge in [0.05, 0.1) is 11.4 Å². The molecule has 2 aromatic heterocycles. The van der Waals surface area contributed by atoms with Gasteiger partial charge in [-0.3, -0.25) is 9.97 Å². The molecule has 0 spiro atoms. The van der Waals surface area contributed by atoms with E-state index in [4.69, 9.17) is 9.97 Å². The van der Waals surface area contributed by atoms with Crippen LogP contribution in [-0.2, 0) is 31.1 Å². The van der Waals surface area contributed by atoms with Gasteiger partial charge < -0.3 is 0 Å². The fraction of sp³-hybridized carbons (Fsp3) is 0.244. The Morgan fingerprint density at radius 3 is 1.49 bits per heavy atom. The Bertz CT molecular complexity index is 2010. The van der Waals surface area contributed by atoms with Crippen LogP contribution in [-0.4, -0.2) is 9.97 Å². The molecule has 8 rings (SSSR count). The second-order valence-corrected chi connectivity index (χ2v) is 13.7. The lowest BCUT2D eigenvalue weighted by Crippen LogP contribution is -2.28. The van der Waals surface area contributed by atoms with Crippen molar-refractivity contribution in [1.82, 2.24) is 9.97 Å². The third kappa shape index (κ3) is 4.93. The molecule has 0 amide bonds. The molecule has 0 unspecified atom stereocenters. The predicted octanol–water partition coefficient (Wildman–Crippen LogP) is 11.1. The lowest BCUT2D eigenvalue weighted by molar-refractivity contribution is 0.480. The summed E-state index contributed by atoms with van der Waals surface area (Å²) in [6.45, 7) is 9.24. The Morgan fingerprint density at radius 2 is 1.00 bits per heavy atom. The Labute approximate surface area is 279 Å². The molecule has 0 saturated heterocycles. The molecule has 6 aromatic rings. The van der Waals surface area contributed by atoms with Crippen molar-refractivity contribution in [2.24, 2.45) is 0 Å². The first-order valence-electron chi connectivity index (χ1n) is 17.4. The maximum Gasteiger partial charge on any atom is 0.0736 e. The molecule has 2 nitrogen and oxygen atoms in total. The van der Waals surface area contributed by atoms with Gasteiger partial charge in [-0.1, -0.05) is 110 Å². The highest BCUT2D eigenvalue weighted by Gasteiger charge is 2.36. The van der Waals surface area contributed by atoms with Crippen LogP contribution in [0.5, 0.6) is 0 Å². The van der Waals surface area contributed by atoms with Gasteiger partial charge in [-0.2, -0.15) is 0 Å². The summed E-state index contributed by atoms with van der Waals surface area (Å²) in [5, 5.41) is 0. The lowest BCUT2D eigenvalue weighted by atomic mass is 9.65. The van der Waals surface area contributed by atoms with Crippen LogP contribution in [0.2, 0.25) is 0 Å². The van der Waals surface area contributed by atoms with E-state index in [-0.39, 0.29) is 5.41 Å². The summed E-state index contributed by atoms with van der Waals surface area (Å²) in [6.07, 6.45) is 10.0. The molecule has 2 aliphatic rings. The zero-order valence-electron chi connectivity index (χ0n) is 28.0. The minimum Gasteiger partial charge on any atom is -0.256 e. The van der Waals surface area contributed by atoms with Gasteiger partial charge in [0.15, 0.2) is 0 Å². The summed E-state index contributed by atoms with van der Waals surface area (Å²) < 4.78 is 0. The van der Waals surface area contributed by atoms with Crippen molar-refractivity contribution in [2.75, 3.05) is 0 Å². The zero-order chi connectivity index (χ0) is 32.1. The lowest BCUT2D eigenvalue weighted by Gasteiger charge is -2.38. The number of hydrogen-bond donors (Lipinski definition) is 0. The third-order valence-corrected chi connectivity index (χ3v) is 11.0. The predicted molar refractivity (Wildman–Crippen MR) is 196 cm³/mol. The summed E-state index contributed by atoms with van der Waals surface area (Å²) in [5.41, 5.74) is 21.0. The second-order valence-electron chi connectivity index (χ2n) is 13.7. The quantitative estimate of drug-likeness (QED) is 0.187. The van der Waals surface area contributed by atoms with Crippen LogP contribution in [0.15, 0.2) is 109 Å². The highest BCUT2D eigenvalue weighted by atomic mass is 14.7. The summed E-state index contributed by atoms with van der Waals surface area (Å²) in [7, 11) is 0. The second kappa shape index (κ2) is 11.8. The van der Waals surface area contributed by atoms with Crippen molar-refractivity contribution >= 4 is 0 Å². The molecule has 2 heteroatoms. The zero-order valence-corrected chi connectivity index (χ0v) is 28.0. The van der Waals surface area contributed by atoms with Crippen LogP contribution in [0.4, 0.5) is 0 Å². The maximum absolute atomic E-state index is 4.80. The summed E-state index contributed by atoms with van der Waals surface area (Å²) in [4.78, 5) is 9.60. The minimum atomic E-state index is -0.156. The van der Waals surface area contributed by atoms with Crippen molar-refractivity contribution < 1.29 is 0 Å². The van der Waals surface area contributed by atoms with Crippen molar-refractivity contribution in [3.05, 3.63) is 154 Å². The van der Waals surface area contributed by atoms with Gasteiger partial charge >= 0.3 is 0 Å². The summed E-state index contributed by atoms with van der Waals surface area (Å²) in [5.74, 6) is 0. The first-order chi connectivity index (χ1) is 23.0. The number of rotatable bonds is 6. The van der Waals surface area contributed by atoms with E-state index in [1.54, 1.807) is 0 Å². The number of hydrogen-bond acceptors (Lipinski definition) is 2. The largest absolute Gasteiger partial charge is 0.256 e. The molecular formula is C45H42N2. The topological polar surface area (TPSA) is 25.8 Å². The Hall–Kier alpha value is -4.82. The molecule has 0 fully saturated rings. The van der Waals surface area contributed by atoms with Crippen molar-refractivity contribution in [3.8, 4) is 44.8 Å². The van der Waals surface area contributed by atoms with E-state index >= 15 is 0 Å². The van der Waals surface area contributed by atoms with Gasteiger partial charge in [0.25, 0.3) is 0 Å². The minimum absolute atomic E-state index is 0.156. The molecule has 0 saturated carbocycles. The Kier molecular flexibility index (Phi) is 7.40. The van der Waals surface area contributed by atoms with Gasteiger partial charge in [-0.25, -0.2) is 0 Å². The average Bonchev–Trinajstić information content (AvgIpc) is 3.11. The molecule has 0 radical (unpaired) electrons. The van der Waals surface area contributed by atoms with Gasteiger partial charge in [0.1, 0.15) is 0 Å². The van der Waals surface area contributed by atoms with Crippen LogP contribution >= 0.6 is 0 Å². The van der Waals surface area contributed by atoms with Crippen molar-refractivity contribution in [3.63, 3.8) is 0 Å². The fourth-order valence-electron chi connectivity index (χ4n) is 8.66. The van der Waals surface area contributed by atoms with Gasteiger partial charge in [0.2, 0.25) is 0 Å². The molecule has 0 N–H and O–H groups in total. The van der Waals surface area contributed by atoms with E-state index in [9.17, 15) is 0 Å². The van der Waals surface area contributed by atoms with Crippen LogP contribution < -0.4 is 0 Å². The Balaban J connectivity index is 1.37. The normalized spacial score (nSPS) is 13.4. The Morgan fingerprint density at radius 1 is 0.511 bits per heavy atom. The average molecular weight is 611 g/mol. The number of fused-ring (bicyclic) bond motifs is 6. The van der Waals surface area contributed by atoms with Crippen molar-refractivity contribution in [2.45, 2.75) is 71.6 Å². The van der Waals surface area contributed by atoms with E-state index in [1.165, 1.54) is 77.9 Å². The molecular weight excluding hydrogens is 569 g/mol. The molecule has 0 bridgehead atoms. The first kappa shape index (κ1) is 29.6. The highest BCUT2D eigenvalue weighted by Crippen LogP contribution is 2.49. The molecule has 2 heterocycles. The van der Waals surface area contributed by atoms with E-state index in [0.29, 0.717) is 0 Å². The summed E-state index contributed by atoms with van der Waals surface area (Å²) >= 11 is 0. The molecule has 232 valence electrons. The SMILES string of the molecule is CCC(CC)(c1cc(C)cc(C)c1)c1c(-c2ccc3c(c2)CCc2cccnc2-3)cccc1-c1ccc2c(c1)CCc1cccnc1-2. The van der Waals surface area contributed by atoms with Crippen LogP contribution in [0.25, 0.3) is 44.8 Å². The number of pyridine rings is 2. The standard InChI is InChI=1S/C45H42N2/c1-5-45(6-2,37-25-29(3)24-30(4)26-37)42-38(33-18-20-40-35(27-33)16-14-31-10-8-22-46-43(31)40)12-7-13-39(42)34-19-21-41-36(28-34)17-15-32-11-9-23-47-44(32)41/h7-13,18-28H,5-6,14-17H2,1-4H3. The third-order valence-electron chi connectivity index (χ3n) is 11.0. The summed E-state index contributed by atoms with van der Waals surface area (Å²) in [6, 6.07) is 37.0. The highest BCUT2D eigenvalue weighted by molar-refractivity contribution is 5.85. The monoisotopic (exact) mass is 610 g/mol. The smallest absolute Gasteiger partial charge is 0.0736 e. The molecule has 0 atom stereocenters. The van der Waals surface area contributed by atoms with Crippen LogP contribution in [0.1, 0.15) is 71.2 Å². The molecule has 4 aromatic carbocycles. The van der Waals surface area contributed by atoms with Crippen LogP contribution in [0.3, 0.4) is 0 Å². The van der Waals surface area contributed by atoms with E-state index in [1.807, 2.05) is 12.4 Å². The molecule has 0 aliphatic heterocycles.